The third-order valence-electron chi connectivity index (χ3n) is 3.45. The maximum Gasteiger partial charge on any atom is 0.246 e. The second-order valence-corrected chi connectivity index (χ2v) is 4.91. The van der Waals surface area contributed by atoms with Gasteiger partial charge in [-0.3, -0.25) is 0 Å². The number of benzene rings is 2. The summed E-state index contributed by atoms with van der Waals surface area (Å²) in [6.07, 6.45) is 1.58. The zero-order chi connectivity index (χ0) is 16.2. The average Bonchev–Trinajstić information content (AvgIpc) is 2.60. The van der Waals surface area contributed by atoms with E-state index in [0.717, 1.165) is 10.8 Å². The Morgan fingerprint density at radius 2 is 2.00 bits per heavy atom. The molecule has 0 radical (unpaired) electrons. The third kappa shape index (κ3) is 3.06. The number of nitrogens with zero attached hydrogens (tertiary/aromatic N) is 3. The number of hydrazone groups is 1. The number of phenolic OH excluding ortho intramolecular Hbond substituents is 1. The van der Waals surface area contributed by atoms with Crippen LogP contribution >= 0.6 is 0 Å². The summed E-state index contributed by atoms with van der Waals surface area (Å²) in [7, 11) is 1.54. The number of rotatable bonds is 4. The highest BCUT2D eigenvalue weighted by Crippen LogP contribution is 2.29. The van der Waals surface area contributed by atoms with Crippen LogP contribution in [0.15, 0.2) is 53.8 Å². The highest BCUT2D eigenvalue weighted by molar-refractivity contribution is 6.06. The zero-order valence-electron chi connectivity index (χ0n) is 12.8. The van der Waals surface area contributed by atoms with E-state index in [-0.39, 0.29) is 5.75 Å². The molecule has 0 aliphatic rings. The maximum absolute atomic E-state index is 10.4. The minimum atomic E-state index is 0.206. The van der Waals surface area contributed by atoms with E-state index in [0.29, 0.717) is 23.1 Å². The number of fused-ring (bicyclic) bond motifs is 1. The van der Waals surface area contributed by atoms with Crippen LogP contribution in [0.5, 0.6) is 11.6 Å². The molecule has 2 N–H and O–H groups in total. The van der Waals surface area contributed by atoms with Gasteiger partial charge in [0.1, 0.15) is 5.75 Å². The van der Waals surface area contributed by atoms with Crippen LogP contribution in [-0.4, -0.2) is 27.9 Å². The highest BCUT2D eigenvalue weighted by Gasteiger charge is 2.09. The molecule has 0 unspecified atom stereocenters. The number of hydrogen-bond acceptors (Lipinski definition) is 6. The summed E-state index contributed by atoms with van der Waals surface area (Å²) < 4.78 is 5.03. The van der Waals surface area contributed by atoms with Gasteiger partial charge in [-0.1, -0.05) is 30.3 Å². The first-order valence-electron chi connectivity index (χ1n) is 7.07. The molecule has 0 spiro atoms. The van der Waals surface area contributed by atoms with Crippen molar-refractivity contribution in [3.8, 4) is 11.6 Å². The number of phenols is 1. The molecule has 0 atom stereocenters. The SMILES string of the molecule is COc1ccnc(N/N=C(\C)c2ccc3ccccc3c2O)n1. The summed E-state index contributed by atoms with van der Waals surface area (Å²) in [5, 5.41) is 16.4. The Morgan fingerprint density at radius 1 is 1.17 bits per heavy atom. The van der Waals surface area contributed by atoms with Crippen LogP contribution in [0, 0.1) is 0 Å². The van der Waals surface area contributed by atoms with Gasteiger partial charge in [-0.25, -0.2) is 10.4 Å². The van der Waals surface area contributed by atoms with Crippen LogP contribution in [-0.2, 0) is 0 Å². The lowest BCUT2D eigenvalue weighted by molar-refractivity contribution is 0.397. The molecule has 0 aliphatic heterocycles. The van der Waals surface area contributed by atoms with Gasteiger partial charge in [-0.2, -0.15) is 10.1 Å². The van der Waals surface area contributed by atoms with Crippen molar-refractivity contribution in [2.75, 3.05) is 12.5 Å². The van der Waals surface area contributed by atoms with Gasteiger partial charge >= 0.3 is 0 Å². The largest absolute Gasteiger partial charge is 0.507 e. The van der Waals surface area contributed by atoms with Gasteiger partial charge in [-0.15, -0.1) is 0 Å². The molecule has 0 saturated carbocycles. The molecular formula is C17H16N4O2. The van der Waals surface area contributed by atoms with Crippen molar-refractivity contribution in [1.29, 1.82) is 0 Å². The Labute approximate surface area is 133 Å². The average molecular weight is 308 g/mol. The van der Waals surface area contributed by atoms with Crippen molar-refractivity contribution in [1.82, 2.24) is 9.97 Å². The minimum absolute atomic E-state index is 0.206. The molecule has 1 aromatic heterocycles. The lowest BCUT2D eigenvalue weighted by atomic mass is 10.0. The van der Waals surface area contributed by atoms with Crippen LogP contribution in [0.4, 0.5) is 5.95 Å². The van der Waals surface area contributed by atoms with Crippen molar-refractivity contribution in [3.05, 3.63) is 54.2 Å². The fourth-order valence-electron chi connectivity index (χ4n) is 2.25. The van der Waals surface area contributed by atoms with E-state index in [1.54, 1.807) is 19.2 Å². The molecule has 23 heavy (non-hydrogen) atoms. The van der Waals surface area contributed by atoms with Crippen molar-refractivity contribution in [2.45, 2.75) is 6.92 Å². The van der Waals surface area contributed by atoms with Gasteiger partial charge in [-0.05, 0) is 18.4 Å². The molecule has 116 valence electrons. The molecule has 3 rings (SSSR count). The Hall–Kier alpha value is -3.15. The summed E-state index contributed by atoms with van der Waals surface area (Å²) in [4.78, 5) is 8.17. The maximum atomic E-state index is 10.4. The molecule has 1 heterocycles. The fourth-order valence-corrected chi connectivity index (χ4v) is 2.25. The normalized spacial score (nSPS) is 11.5. The summed E-state index contributed by atoms with van der Waals surface area (Å²) in [5.74, 6) is 0.977. The monoisotopic (exact) mass is 308 g/mol. The molecule has 2 aromatic carbocycles. The topological polar surface area (TPSA) is 79.6 Å². The van der Waals surface area contributed by atoms with E-state index < -0.39 is 0 Å². The number of anilines is 1. The van der Waals surface area contributed by atoms with Crippen molar-refractivity contribution in [2.24, 2.45) is 5.10 Å². The van der Waals surface area contributed by atoms with Crippen molar-refractivity contribution < 1.29 is 9.84 Å². The fraction of sp³-hybridized carbons (Fsp3) is 0.118. The van der Waals surface area contributed by atoms with Crippen LogP contribution < -0.4 is 10.2 Å². The second-order valence-electron chi connectivity index (χ2n) is 4.91. The summed E-state index contributed by atoms with van der Waals surface area (Å²) >= 11 is 0. The first-order valence-corrected chi connectivity index (χ1v) is 7.07. The minimum Gasteiger partial charge on any atom is -0.507 e. The zero-order valence-corrected chi connectivity index (χ0v) is 12.8. The molecule has 0 bridgehead atoms. The van der Waals surface area contributed by atoms with Gasteiger partial charge in [0.15, 0.2) is 0 Å². The molecule has 3 aromatic rings. The predicted molar refractivity (Wildman–Crippen MR) is 90.0 cm³/mol. The van der Waals surface area contributed by atoms with Crippen LogP contribution in [0.25, 0.3) is 10.8 Å². The summed E-state index contributed by atoms with van der Waals surface area (Å²) in [5.41, 5.74) is 4.04. The van der Waals surface area contributed by atoms with Crippen LogP contribution in [0.1, 0.15) is 12.5 Å². The Bertz CT molecular complexity index is 877. The number of methoxy groups -OCH3 is 1. The van der Waals surface area contributed by atoms with E-state index in [9.17, 15) is 5.11 Å². The molecule has 0 fully saturated rings. The third-order valence-corrected chi connectivity index (χ3v) is 3.45. The van der Waals surface area contributed by atoms with Gasteiger partial charge in [0.2, 0.25) is 11.8 Å². The number of ether oxygens (including phenoxy) is 1. The Balaban J connectivity index is 1.90. The van der Waals surface area contributed by atoms with E-state index in [2.05, 4.69) is 20.5 Å². The van der Waals surface area contributed by atoms with Crippen LogP contribution in [0.3, 0.4) is 0 Å². The molecular weight excluding hydrogens is 292 g/mol. The van der Waals surface area contributed by atoms with Gasteiger partial charge < -0.3 is 9.84 Å². The lowest BCUT2D eigenvalue weighted by Crippen LogP contribution is -2.03. The summed E-state index contributed by atoms with van der Waals surface area (Å²) in [6.45, 7) is 1.80. The highest BCUT2D eigenvalue weighted by atomic mass is 16.5. The van der Waals surface area contributed by atoms with E-state index in [1.165, 1.54) is 7.11 Å². The van der Waals surface area contributed by atoms with Crippen molar-refractivity contribution in [3.63, 3.8) is 0 Å². The molecule has 6 nitrogen and oxygen atoms in total. The van der Waals surface area contributed by atoms with Gasteiger partial charge in [0, 0.05) is 23.2 Å². The molecule has 0 saturated heterocycles. The molecule has 0 amide bonds. The van der Waals surface area contributed by atoms with E-state index >= 15 is 0 Å². The number of nitrogens with one attached hydrogen (secondary N) is 1. The first-order chi connectivity index (χ1) is 11.2. The predicted octanol–water partition coefficient (Wildman–Crippen LogP) is 3.18. The summed E-state index contributed by atoms with van der Waals surface area (Å²) in [6, 6.07) is 13.1. The smallest absolute Gasteiger partial charge is 0.246 e. The Morgan fingerprint density at radius 3 is 2.83 bits per heavy atom. The quantitative estimate of drug-likeness (QED) is 0.571. The number of aromatic nitrogens is 2. The number of aromatic hydroxyl groups is 1. The first kappa shape index (κ1) is 14.8. The van der Waals surface area contributed by atoms with Gasteiger partial charge in [0.05, 0.1) is 12.8 Å². The molecule has 6 heteroatoms. The lowest BCUT2D eigenvalue weighted by Gasteiger charge is -2.08. The van der Waals surface area contributed by atoms with E-state index in [1.807, 2.05) is 36.4 Å². The standard InChI is InChI=1S/C17H16N4O2/c1-11(20-21-17-18-10-9-15(19-17)23-2)13-8-7-12-5-3-4-6-14(12)16(13)22/h3-10,22H,1-2H3,(H,18,19,21)/b20-11+. The Kier molecular flexibility index (Phi) is 4.05. The number of hydrogen-bond donors (Lipinski definition) is 2. The second kappa shape index (κ2) is 6.31. The van der Waals surface area contributed by atoms with Crippen LogP contribution in [0.2, 0.25) is 0 Å². The van der Waals surface area contributed by atoms with Gasteiger partial charge in [0.25, 0.3) is 0 Å². The molecule has 0 aliphatic carbocycles. The van der Waals surface area contributed by atoms with Crippen molar-refractivity contribution >= 4 is 22.4 Å². The van der Waals surface area contributed by atoms with E-state index in [4.69, 9.17) is 4.74 Å².